The van der Waals surface area contributed by atoms with Gasteiger partial charge in [-0.25, -0.2) is 0 Å². The fourth-order valence-corrected chi connectivity index (χ4v) is 1.88. The molecule has 0 radical (unpaired) electrons. The van der Waals surface area contributed by atoms with Gasteiger partial charge in [0.25, 0.3) is 0 Å². The third kappa shape index (κ3) is 5.55. The molecule has 1 unspecified atom stereocenters. The summed E-state index contributed by atoms with van der Waals surface area (Å²) in [4.78, 5) is 2.75. The van der Waals surface area contributed by atoms with Crippen LogP contribution in [0, 0.1) is 11.3 Å². The molecule has 0 fully saturated rings. The van der Waals surface area contributed by atoms with E-state index in [1.54, 1.807) is 6.08 Å². The van der Waals surface area contributed by atoms with Gasteiger partial charge >= 0.3 is 0 Å². The average Bonchev–Trinajstić information content (AvgIpc) is 2.20. The second-order valence-corrected chi connectivity index (χ2v) is 10.1. The first-order chi connectivity index (χ1) is 7.74. The molecule has 0 heterocycles. The first-order valence-corrected chi connectivity index (χ1v) is 8.40. The first kappa shape index (κ1) is 15.7. The van der Waals surface area contributed by atoms with Gasteiger partial charge in [-0.15, -0.1) is 0 Å². The number of hydrogen-bond acceptors (Lipinski definition) is 3. The molecule has 0 aromatic carbocycles. The van der Waals surface area contributed by atoms with E-state index in [0.717, 1.165) is 0 Å². The summed E-state index contributed by atoms with van der Waals surface area (Å²) in [6.45, 7) is 11.0. The third-order valence-electron chi connectivity index (χ3n) is 3.01. The maximum atomic E-state index is 8.44. The molecule has 0 rings (SSSR count). The fourth-order valence-electron chi connectivity index (χ4n) is 0.858. The highest BCUT2D eigenvalue weighted by molar-refractivity contribution is 6.74. The quantitative estimate of drug-likeness (QED) is 0.245. The normalized spacial score (nSPS) is 14.1. The van der Waals surface area contributed by atoms with Crippen molar-refractivity contribution in [3.05, 3.63) is 22.6 Å². The molecule has 0 saturated heterocycles. The Bertz CT molecular complexity index is 359. The minimum absolute atomic E-state index is 0.118. The number of nitrogens with zero attached hydrogens (tertiary/aromatic N) is 4. The molecule has 0 aliphatic carbocycles. The lowest BCUT2D eigenvalue weighted by atomic mass is 10.2. The number of allylic oxidation sites excluding steroid dienone is 1. The highest BCUT2D eigenvalue weighted by Gasteiger charge is 2.37. The van der Waals surface area contributed by atoms with Gasteiger partial charge in [0.15, 0.2) is 8.32 Å². The number of nitriles is 1. The van der Waals surface area contributed by atoms with Crippen molar-refractivity contribution < 1.29 is 4.43 Å². The Morgan fingerprint density at radius 2 is 2.12 bits per heavy atom. The van der Waals surface area contributed by atoms with Crippen LogP contribution in [0.2, 0.25) is 18.1 Å². The standard InChI is InChI=1S/C11H20N4OSi/c1-11(2,3)17(4,5)16-9-10(14-15-13)7-6-8-12/h6-7,10H,9H2,1-5H3/b7-6+. The molecule has 0 N–H and O–H groups in total. The van der Waals surface area contributed by atoms with Gasteiger partial charge in [0.1, 0.15) is 0 Å². The Balaban J connectivity index is 4.57. The van der Waals surface area contributed by atoms with Crippen LogP contribution >= 0.6 is 0 Å². The zero-order chi connectivity index (χ0) is 13.5. The molecule has 6 heteroatoms. The summed E-state index contributed by atoms with van der Waals surface area (Å²) in [5.74, 6) is 0. The molecule has 0 aliphatic heterocycles. The summed E-state index contributed by atoms with van der Waals surface area (Å²) >= 11 is 0. The van der Waals surface area contributed by atoms with Crippen LogP contribution in [0.1, 0.15) is 20.8 Å². The van der Waals surface area contributed by atoms with Crippen LogP contribution in [0.3, 0.4) is 0 Å². The molecule has 0 aromatic heterocycles. The van der Waals surface area contributed by atoms with Crippen molar-refractivity contribution >= 4 is 8.32 Å². The van der Waals surface area contributed by atoms with Gasteiger partial charge in [-0.3, -0.25) is 0 Å². The molecule has 94 valence electrons. The molecule has 0 amide bonds. The van der Waals surface area contributed by atoms with Crippen molar-refractivity contribution in [1.82, 2.24) is 0 Å². The molecular formula is C11H20N4OSi. The van der Waals surface area contributed by atoms with Gasteiger partial charge < -0.3 is 4.43 Å². The Morgan fingerprint density at radius 3 is 2.53 bits per heavy atom. The lowest BCUT2D eigenvalue weighted by molar-refractivity contribution is 0.278. The lowest BCUT2D eigenvalue weighted by Crippen LogP contribution is -2.42. The number of azide groups is 1. The summed E-state index contributed by atoms with van der Waals surface area (Å²) in [5.41, 5.74) is 8.42. The molecule has 0 bridgehead atoms. The Kier molecular flexibility index (Phi) is 5.96. The minimum Gasteiger partial charge on any atom is -0.416 e. The Labute approximate surface area is 104 Å². The van der Waals surface area contributed by atoms with Gasteiger partial charge in [-0.1, -0.05) is 32.0 Å². The van der Waals surface area contributed by atoms with Crippen LogP contribution in [0.15, 0.2) is 17.3 Å². The van der Waals surface area contributed by atoms with Crippen LogP contribution < -0.4 is 0 Å². The van der Waals surface area contributed by atoms with Crippen molar-refractivity contribution in [3.63, 3.8) is 0 Å². The van der Waals surface area contributed by atoms with E-state index in [0.29, 0.717) is 6.61 Å². The molecule has 0 aromatic rings. The molecule has 0 saturated carbocycles. The Morgan fingerprint density at radius 1 is 1.53 bits per heavy atom. The SMILES string of the molecule is CC(C)(C)[Si](C)(C)OCC(/C=C/C#N)N=[N+]=[N-]. The maximum absolute atomic E-state index is 8.44. The summed E-state index contributed by atoms with van der Waals surface area (Å²) < 4.78 is 5.92. The predicted molar refractivity (Wildman–Crippen MR) is 70.8 cm³/mol. The highest BCUT2D eigenvalue weighted by atomic mass is 28.4. The van der Waals surface area contributed by atoms with Gasteiger partial charge in [-0.2, -0.15) is 5.26 Å². The fraction of sp³-hybridized carbons (Fsp3) is 0.727. The van der Waals surface area contributed by atoms with Crippen LogP contribution in [0.4, 0.5) is 0 Å². The van der Waals surface area contributed by atoms with E-state index in [-0.39, 0.29) is 5.04 Å². The molecular weight excluding hydrogens is 232 g/mol. The third-order valence-corrected chi connectivity index (χ3v) is 7.51. The maximum Gasteiger partial charge on any atom is 0.192 e. The molecule has 0 spiro atoms. The second-order valence-electron chi connectivity index (χ2n) is 5.33. The summed E-state index contributed by atoms with van der Waals surface area (Å²) in [6, 6.07) is 1.47. The van der Waals surface area contributed by atoms with Crippen LogP contribution in [-0.2, 0) is 4.43 Å². The second kappa shape index (κ2) is 6.45. The van der Waals surface area contributed by atoms with Crippen LogP contribution in [0.25, 0.3) is 10.4 Å². The minimum atomic E-state index is -1.84. The summed E-state index contributed by atoms with van der Waals surface area (Å²) in [6.07, 6.45) is 2.88. The van der Waals surface area contributed by atoms with E-state index in [9.17, 15) is 0 Å². The molecule has 1 atom stereocenters. The summed E-state index contributed by atoms with van der Waals surface area (Å²) in [7, 11) is -1.84. The van der Waals surface area contributed by atoms with E-state index in [1.165, 1.54) is 6.08 Å². The van der Waals surface area contributed by atoms with E-state index in [1.807, 2.05) is 6.07 Å². The Hall–Kier alpha value is -1.28. The molecule has 5 nitrogen and oxygen atoms in total. The van der Waals surface area contributed by atoms with E-state index in [4.69, 9.17) is 15.2 Å². The summed E-state index contributed by atoms with van der Waals surface area (Å²) in [5, 5.41) is 12.1. The first-order valence-electron chi connectivity index (χ1n) is 5.49. The van der Waals surface area contributed by atoms with Crippen molar-refractivity contribution in [1.29, 1.82) is 5.26 Å². The zero-order valence-corrected chi connectivity index (χ0v) is 12.1. The largest absolute Gasteiger partial charge is 0.416 e. The molecule has 17 heavy (non-hydrogen) atoms. The number of rotatable bonds is 5. The van der Waals surface area contributed by atoms with Gasteiger partial charge in [0, 0.05) is 17.6 Å². The van der Waals surface area contributed by atoms with Crippen molar-refractivity contribution in [3.8, 4) is 6.07 Å². The van der Waals surface area contributed by atoms with Gasteiger partial charge in [0.2, 0.25) is 0 Å². The van der Waals surface area contributed by atoms with Crippen molar-refractivity contribution in [2.75, 3.05) is 6.61 Å². The topological polar surface area (TPSA) is 81.8 Å². The molecule has 0 aliphatic rings. The monoisotopic (exact) mass is 252 g/mol. The number of hydrogen-bond donors (Lipinski definition) is 0. The average molecular weight is 252 g/mol. The van der Waals surface area contributed by atoms with Gasteiger partial charge in [-0.05, 0) is 23.7 Å². The predicted octanol–water partition coefficient (Wildman–Crippen LogP) is 3.77. The zero-order valence-electron chi connectivity index (χ0n) is 11.1. The lowest BCUT2D eigenvalue weighted by Gasteiger charge is -2.36. The van der Waals surface area contributed by atoms with Crippen LogP contribution in [-0.4, -0.2) is 21.0 Å². The highest BCUT2D eigenvalue weighted by Crippen LogP contribution is 2.36. The van der Waals surface area contributed by atoms with Gasteiger partial charge in [0.05, 0.1) is 12.1 Å². The van der Waals surface area contributed by atoms with E-state index < -0.39 is 14.4 Å². The van der Waals surface area contributed by atoms with Crippen molar-refractivity contribution in [2.24, 2.45) is 5.11 Å². The van der Waals surface area contributed by atoms with E-state index >= 15 is 0 Å². The van der Waals surface area contributed by atoms with E-state index in [2.05, 4.69) is 43.9 Å². The van der Waals surface area contributed by atoms with Crippen molar-refractivity contribution in [2.45, 2.75) is 44.9 Å². The smallest absolute Gasteiger partial charge is 0.192 e. The van der Waals surface area contributed by atoms with Crippen LogP contribution in [0.5, 0.6) is 0 Å².